The number of hydrogen-bond acceptors (Lipinski definition) is 4. The number of nitriles is 1. The van der Waals surface area contributed by atoms with Gasteiger partial charge in [-0.1, -0.05) is 6.07 Å². The van der Waals surface area contributed by atoms with Gasteiger partial charge in [-0.25, -0.2) is 8.78 Å². The van der Waals surface area contributed by atoms with Crippen LogP contribution in [0.3, 0.4) is 0 Å². The summed E-state index contributed by atoms with van der Waals surface area (Å²) in [4.78, 5) is 3.68. The number of nitrogens with zero attached hydrogens (tertiary/aromatic N) is 3. The Labute approximate surface area is 141 Å². The van der Waals surface area contributed by atoms with Crippen LogP contribution in [0.4, 0.5) is 22.0 Å². The summed E-state index contributed by atoms with van der Waals surface area (Å²) in [5.74, 6) is 0. The molecular weight excluding hydrogens is 349 g/mol. The molecule has 1 aromatic rings. The molecule has 1 aliphatic heterocycles. The molecule has 3 nitrogen and oxygen atoms in total. The molecule has 0 radical (unpaired) electrons. The molecule has 0 saturated carbocycles. The highest BCUT2D eigenvalue weighted by atomic mass is 32.2. The fourth-order valence-electron chi connectivity index (χ4n) is 2.64. The van der Waals surface area contributed by atoms with Gasteiger partial charge in [0.25, 0.3) is 6.43 Å². The van der Waals surface area contributed by atoms with E-state index < -0.39 is 18.2 Å². The third kappa shape index (κ3) is 5.33. The molecule has 9 heteroatoms. The minimum absolute atomic E-state index is 0.106. The van der Waals surface area contributed by atoms with Crippen LogP contribution in [0.1, 0.15) is 11.1 Å². The summed E-state index contributed by atoms with van der Waals surface area (Å²) in [6.07, 6.45) is -6.91. The Balaban J connectivity index is 2.06. The highest BCUT2D eigenvalue weighted by Gasteiger charge is 2.34. The number of rotatable bonds is 5. The summed E-state index contributed by atoms with van der Waals surface area (Å²) in [5, 5.41) is 10.4. The lowest BCUT2D eigenvalue weighted by atomic mass is 10.1. The van der Waals surface area contributed by atoms with Crippen LogP contribution in [0.5, 0.6) is 0 Å². The van der Waals surface area contributed by atoms with E-state index in [1.54, 1.807) is 10.3 Å². The molecule has 0 N–H and O–H groups in total. The largest absolute Gasteiger partial charge is 0.416 e. The van der Waals surface area contributed by atoms with Gasteiger partial charge in [-0.05, 0) is 29.5 Å². The Bertz CT molecular complexity index is 592. The first kappa shape index (κ1) is 19.0. The summed E-state index contributed by atoms with van der Waals surface area (Å²) in [5.41, 5.74) is -0.621. The van der Waals surface area contributed by atoms with Gasteiger partial charge in [-0.15, -0.1) is 0 Å². The molecule has 0 amide bonds. The Hall–Kier alpha value is -1.37. The SMILES string of the molecule is N#CSc1ccc(CN2CCN(CC(F)F)CC2)c(C(F)(F)F)c1. The minimum atomic E-state index is -4.50. The van der Waals surface area contributed by atoms with Crippen LogP contribution >= 0.6 is 11.8 Å². The maximum atomic E-state index is 13.2. The first-order valence-corrected chi connectivity index (χ1v) is 8.10. The number of hydrogen-bond donors (Lipinski definition) is 0. The molecule has 0 unspecified atom stereocenters. The van der Waals surface area contributed by atoms with Crippen molar-refractivity contribution in [3.05, 3.63) is 29.3 Å². The predicted molar refractivity (Wildman–Crippen MR) is 80.6 cm³/mol. The third-order valence-corrected chi connectivity index (χ3v) is 4.39. The van der Waals surface area contributed by atoms with Gasteiger partial charge in [-0.3, -0.25) is 9.80 Å². The van der Waals surface area contributed by atoms with Crippen molar-refractivity contribution in [2.75, 3.05) is 32.7 Å². The molecule has 2 rings (SSSR count). The van der Waals surface area contributed by atoms with Gasteiger partial charge in [0, 0.05) is 37.6 Å². The Morgan fingerprint density at radius 1 is 1.12 bits per heavy atom. The van der Waals surface area contributed by atoms with Crippen molar-refractivity contribution in [1.82, 2.24) is 9.80 Å². The first-order valence-electron chi connectivity index (χ1n) is 7.28. The number of alkyl halides is 5. The molecule has 132 valence electrons. The van der Waals surface area contributed by atoms with Gasteiger partial charge in [0.05, 0.1) is 12.1 Å². The quantitative estimate of drug-likeness (QED) is 0.453. The summed E-state index contributed by atoms with van der Waals surface area (Å²) in [6.45, 7) is 1.51. The van der Waals surface area contributed by atoms with Crippen molar-refractivity contribution < 1.29 is 22.0 Å². The minimum Gasteiger partial charge on any atom is -0.297 e. The van der Waals surface area contributed by atoms with Crippen molar-refractivity contribution in [1.29, 1.82) is 5.26 Å². The lowest BCUT2D eigenvalue weighted by molar-refractivity contribution is -0.138. The predicted octanol–water partition coefficient (Wildman–Crippen LogP) is 3.66. The fraction of sp³-hybridized carbons (Fsp3) is 0.533. The Kier molecular flexibility index (Phi) is 6.43. The molecule has 0 aromatic heterocycles. The molecule has 24 heavy (non-hydrogen) atoms. The average molecular weight is 365 g/mol. The van der Waals surface area contributed by atoms with E-state index in [-0.39, 0.29) is 23.5 Å². The highest BCUT2D eigenvalue weighted by Crippen LogP contribution is 2.35. The number of piperazine rings is 1. The zero-order chi connectivity index (χ0) is 17.7. The van der Waals surface area contributed by atoms with E-state index in [4.69, 9.17) is 5.26 Å². The normalized spacial score (nSPS) is 17.2. The van der Waals surface area contributed by atoms with Gasteiger partial charge in [0.15, 0.2) is 0 Å². The van der Waals surface area contributed by atoms with Crippen molar-refractivity contribution in [2.24, 2.45) is 0 Å². The summed E-state index contributed by atoms with van der Waals surface area (Å²) >= 11 is 0.681. The first-order chi connectivity index (χ1) is 11.3. The number of benzene rings is 1. The standard InChI is InChI=1S/C15H16F5N3S/c16-14(17)9-23-5-3-22(4-6-23)8-11-1-2-12(24-10-21)7-13(11)15(18,19)20/h1-2,7,14H,3-6,8-9H2. The molecule has 1 saturated heterocycles. The number of thiocyanates is 1. The molecule has 1 heterocycles. The van der Waals surface area contributed by atoms with Crippen LogP contribution in [0, 0.1) is 10.7 Å². The van der Waals surface area contributed by atoms with Gasteiger partial charge in [0.2, 0.25) is 0 Å². The second kappa shape index (κ2) is 8.14. The van der Waals surface area contributed by atoms with Gasteiger partial charge < -0.3 is 0 Å². The van der Waals surface area contributed by atoms with E-state index in [0.29, 0.717) is 37.9 Å². The smallest absolute Gasteiger partial charge is 0.297 e. The third-order valence-electron chi connectivity index (χ3n) is 3.81. The Morgan fingerprint density at radius 3 is 2.29 bits per heavy atom. The highest BCUT2D eigenvalue weighted by molar-refractivity contribution is 8.03. The molecule has 0 aliphatic carbocycles. The van der Waals surface area contributed by atoms with Crippen LogP contribution in [0.15, 0.2) is 23.1 Å². The monoisotopic (exact) mass is 365 g/mol. The van der Waals surface area contributed by atoms with Gasteiger partial charge >= 0.3 is 6.18 Å². The molecule has 1 fully saturated rings. The van der Waals surface area contributed by atoms with Crippen molar-refractivity contribution >= 4 is 11.8 Å². The van der Waals surface area contributed by atoms with Gasteiger partial charge in [-0.2, -0.15) is 18.4 Å². The topological polar surface area (TPSA) is 30.3 Å². The van der Waals surface area contributed by atoms with Gasteiger partial charge in [0.1, 0.15) is 5.40 Å². The van der Waals surface area contributed by atoms with Crippen LogP contribution in [0.25, 0.3) is 0 Å². The van der Waals surface area contributed by atoms with Crippen LogP contribution in [-0.4, -0.2) is 48.9 Å². The van der Waals surface area contributed by atoms with E-state index in [9.17, 15) is 22.0 Å². The van der Waals surface area contributed by atoms with E-state index in [1.807, 2.05) is 4.90 Å². The molecule has 0 bridgehead atoms. The maximum absolute atomic E-state index is 13.2. The molecule has 0 atom stereocenters. The maximum Gasteiger partial charge on any atom is 0.416 e. The summed E-state index contributed by atoms with van der Waals surface area (Å²) in [7, 11) is 0. The van der Waals surface area contributed by atoms with Crippen LogP contribution < -0.4 is 0 Å². The summed E-state index contributed by atoms with van der Waals surface area (Å²) < 4.78 is 64.4. The van der Waals surface area contributed by atoms with Crippen molar-refractivity contribution in [3.8, 4) is 5.40 Å². The van der Waals surface area contributed by atoms with Crippen LogP contribution in [-0.2, 0) is 12.7 Å². The molecule has 1 aromatic carbocycles. The van der Waals surface area contributed by atoms with E-state index >= 15 is 0 Å². The second-order valence-electron chi connectivity index (χ2n) is 5.48. The summed E-state index contributed by atoms with van der Waals surface area (Å²) in [6, 6.07) is 3.86. The molecular formula is C15H16F5N3S. The Morgan fingerprint density at radius 2 is 1.75 bits per heavy atom. The number of thioether (sulfide) groups is 1. The lowest BCUT2D eigenvalue weighted by Crippen LogP contribution is -2.47. The zero-order valence-electron chi connectivity index (χ0n) is 12.7. The number of halogens is 5. The molecule has 0 spiro atoms. The average Bonchev–Trinajstić information content (AvgIpc) is 2.49. The van der Waals surface area contributed by atoms with Crippen molar-refractivity contribution in [2.45, 2.75) is 24.0 Å². The van der Waals surface area contributed by atoms with E-state index in [0.717, 1.165) is 6.07 Å². The van der Waals surface area contributed by atoms with E-state index in [2.05, 4.69) is 0 Å². The van der Waals surface area contributed by atoms with E-state index in [1.165, 1.54) is 12.1 Å². The second-order valence-corrected chi connectivity index (χ2v) is 6.34. The fourth-order valence-corrected chi connectivity index (χ4v) is 3.06. The molecule has 1 aliphatic rings. The zero-order valence-corrected chi connectivity index (χ0v) is 13.5. The van der Waals surface area contributed by atoms with Crippen LogP contribution in [0.2, 0.25) is 0 Å². The van der Waals surface area contributed by atoms with Crippen molar-refractivity contribution in [3.63, 3.8) is 0 Å². The lowest BCUT2D eigenvalue weighted by Gasteiger charge is -2.34.